The maximum Gasteiger partial charge on any atom is 0.267 e. The van der Waals surface area contributed by atoms with Gasteiger partial charge in [-0.1, -0.05) is 11.3 Å². The van der Waals surface area contributed by atoms with Gasteiger partial charge in [-0.15, -0.1) is 0 Å². The van der Waals surface area contributed by atoms with Gasteiger partial charge in [0.1, 0.15) is 11.6 Å². The Balaban J connectivity index is 1.30. The molecule has 0 N–H and O–H groups in total. The van der Waals surface area contributed by atoms with E-state index in [0.717, 1.165) is 52.9 Å². The molecule has 0 radical (unpaired) electrons. The maximum absolute atomic E-state index is 13.5. The molecule has 4 aromatic rings. The summed E-state index contributed by atoms with van der Waals surface area (Å²) < 4.78 is 15.8. The molecule has 0 aliphatic carbocycles. The second-order valence-electron chi connectivity index (χ2n) is 7.13. The summed E-state index contributed by atoms with van der Waals surface area (Å²) in [5.41, 5.74) is 1.67. The quantitative estimate of drug-likeness (QED) is 0.504. The molecule has 1 saturated heterocycles. The number of nitrogens with zero attached hydrogens (tertiary/aromatic N) is 6. The maximum atomic E-state index is 13.5. The van der Waals surface area contributed by atoms with Crippen LogP contribution in [-0.2, 0) is 6.54 Å². The predicted molar refractivity (Wildman–Crippen MR) is 116 cm³/mol. The van der Waals surface area contributed by atoms with Crippen molar-refractivity contribution in [3.63, 3.8) is 0 Å². The van der Waals surface area contributed by atoms with Gasteiger partial charge in [0.2, 0.25) is 0 Å². The molecule has 1 aromatic carbocycles. The zero-order valence-electron chi connectivity index (χ0n) is 16.1. The van der Waals surface area contributed by atoms with E-state index in [1.54, 1.807) is 30.6 Å². The molecule has 4 heterocycles. The van der Waals surface area contributed by atoms with Crippen molar-refractivity contribution in [2.45, 2.75) is 6.54 Å². The molecule has 7 nitrogen and oxygen atoms in total. The van der Waals surface area contributed by atoms with Crippen molar-refractivity contribution in [2.75, 3.05) is 36.0 Å². The molecule has 1 fully saturated rings. The van der Waals surface area contributed by atoms with E-state index in [0.29, 0.717) is 6.54 Å². The Bertz CT molecular complexity index is 1230. The average Bonchev–Trinajstić information content (AvgIpc) is 3.19. The average molecular weight is 422 g/mol. The van der Waals surface area contributed by atoms with Crippen molar-refractivity contribution in [3.8, 4) is 0 Å². The van der Waals surface area contributed by atoms with Crippen LogP contribution in [0.1, 0.15) is 5.56 Å². The number of benzene rings is 1. The molecule has 152 valence electrons. The monoisotopic (exact) mass is 422 g/mol. The van der Waals surface area contributed by atoms with Crippen LogP contribution in [0.15, 0.2) is 59.7 Å². The minimum Gasteiger partial charge on any atom is -0.352 e. The number of aromatic nitrogens is 4. The first-order valence-corrected chi connectivity index (χ1v) is 10.5. The number of anilines is 2. The summed E-state index contributed by atoms with van der Waals surface area (Å²) in [6, 6.07) is 11.8. The number of halogens is 1. The highest BCUT2D eigenvalue weighted by Crippen LogP contribution is 2.30. The molecule has 0 bridgehead atoms. The van der Waals surface area contributed by atoms with Gasteiger partial charge in [0.15, 0.2) is 5.13 Å². The molecule has 0 unspecified atom stereocenters. The highest BCUT2D eigenvalue weighted by atomic mass is 32.1. The largest absolute Gasteiger partial charge is 0.352 e. The van der Waals surface area contributed by atoms with Crippen LogP contribution >= 0.6 is 11.3 Å². The zero-order chi connectivity index (χ0) is 20.5. The first kappa shape index (κ1) is 18.7. The van der Waals surface area contributed by atoms with Crippen LogP contribution in [0.4, 0.5) is 15.3 Å². The van der Waals surface area contributed by atoms with Crippen LogP contribution < -0.4 is 15.4 Å². The van der Waals surface area contributed by atoms with E-state index in [1.807, 2.05) is 12.1 Å². The van der Waals surface area contributed by atoms with Crippen molar-refractivity contribution in [2.24, 2.45) is 0 Å². The van der Waals surface area contributed by atoms with Gasteiger partial charge >= 0.3 is 0 Å². The summed E-state index contributed by atoms with van der Waals surface area (Å²) in [5.74, 6) is 0.546. The lowest BCUT2D eigenvalue weighted by molar-refractivity contribution is 0.601. The van der Waals surface area contributed by atoms with Crippen molar-refractivity contribution in [1.29, 1.82) is 0 Å². The number of rotatable bonds is 4. The van der Waals surface area contributed by atoms with Crippen LogP contribution in [0.3, 0.4) is 0 Å². The normalized spacial score (nSPS) is 14.4. The summed E-state index contributed by atoms with van der Waals surface area (Å²) in [7, 11) is 0. The first-order chi connectivity index (χ1) is 14.7. The minimum atomic E-state index is -0.240. The van der Waals surface area contributed by atoms with E-state index >= 15 is 0 Å². The lowest BCUT2D eigenvalue weighted by Gasteiger charge is -2.35. The van der Waals surface area contributed by atoms with E-state index in [2.05, 4.69) is 24.9 Å². The number of fused-ring (bicyclic) bond motifs is 1. The predicted octanol–water partition coefficient (Wildman–Crippen LogP) is 2.76. The summed E-state index contributed by atoms with van der Waals surface area (Å²) in [6.07, 6.45) is 3.42. The van der Waals surface area contributed by atoms with Crippen molar-refractivity contribution >= 4 is 32.5 Å². The van der Waals surface area contributed by atoms with Crippen molar-refractivity contribution in [3.05, 3.63) is 76.6 Å². The van der Waals surface area contributed by atoms with Gasteiger partial charge in [0.25, 0.3) is 5.56 Å². The Morgan fingerprint density at radius 1 is 0.967 bits per heavy atom. The molecule has 1 aliphatic rings. The molecule has 30 heavy (non-hydrogen) atoms. The third kappa shape index (κ3) is 3.76. The molecule has 0 amide bonds. The van der Waals surface area contributed by atoms with E-state index in [-0.39, 0.29) is 11.4 Å². The van der Waals surface area contributed by atoms with Gasteiger partial charge in [0, 0.05) is 44.6 Å². The number of hydrogen-bond acceptors (Lipinski definition) is 7. The smallest absolute Gasteiger partial charge is 0.267 e. The number of thiazole rings is 1. The standard InChI is InChI=1S/C21H19FN6OS/c22-16-1-2-17-18(13-16)30-21(24-17)27-11-9-26(10-12-27)19-3-4-20(29)28(25-19)14-15-5-7-23-8-6-15/h1-8,13H,9-12,14H2. The van der Waals surface area contributed by atoms with Crippen molar-refractivity contribution in [1.82, 2.24) is 19.7 Å². The second kappa shape index (κ2) is 7.83. The second-order valence-corrected chi connectivity index (χ2v) is 8.13. The lowest BCUT2D eigenvalue weighted by Crippen LogP contribution is -2.47. The fraction of sp³-hybridized carbons (Fsp3) is 0.238. The molecular formula is C21H19FN6OS. The van der Waals surface area contributed by atoms with Gasteiger partial charge in [-0.2, -0.15) is 5.10 Å². The summed E-state index contributed by atoms with van der Waals surface area (Å²) in [4.78, 5) is 25.3. The first-order valence-electron chi connectivity index (χ1n) is 9.69. The van der Waals surface area contributed by atoms with Gasteiger partial charge in [0.05, 0.1) is 16.8 Å². The summed E-state index contributed by atoms with van der Waals surface area (Å²) >= 11 is 1.51. The molecule has 9 heteroatoms. The topological polar surface area (TPSA) is 67.2 Å². The van der Waals surface area contributed by atoms with Crippen LogP contribution in [0.2, 0.25) is 0 Å². The molecule has 3 aromatic heterocycles. The minimum absolute atomic E-state index is 0.129. The highest BCUT2D eigenvalue weighted by Gasteiger charge is 2.21. The van der Waals surface area contributed by atoms with Gasteiger partial charge in [-0.3, -0.25) is 9.78 Å². The Morgan fingerprint density at radius 3 is 2.53 bits per heavy atom. The molecular weight excluding hydrogens is 403 g/mol. The fourth-order valence-corrected chi connectivity index (χ4v) is 4.57. The van der Waals surface area contributed by atoms with E-state index in [4.69, 9.17) is 0 Å². The fourth-order valence-electron chi connectivity index (χ4n) is 3.53. The molecule has 0 atom stereocenters. The molecule has 1 aliphatic heterocycles. The van der Waals surface area contributed by atoms with Crippen LogP contribution in [-0.4, -0.2) is 45.9 Å². The van der Waals surface area contributed by atoms with Crippen LogP contribution in [0.5, 0.6) is 0 Å². The Morgan fingerprint density at radius 2 is 1.73 bits per heavy atom. The summed E-state index contributed by atoms with van der Waals surface area (Å²) in [6.45, 7) is 3.52. The highest BCUT2D eigenvalue weighted by molar-refractivity contribution is 7.22. The number of piperazine rings is 1. The number of pyridine rings is 1. The van der Waals surface area contributed by atoms with E-state index in [9.17, 15) is 9.18 Å². The van der Waals surface area contributed by atoms with Crippen LogP contribution in [0, 0.1) is 5.82 Å². The lowest BCUT2D eigenvalue weighted by atomic mass is 10.3. The molecule has 0 spiro atoms. The molecule has 5 rings (SSSR count). The van der Waals surface area contributed by atoms with Gasteiger partial charge in [-0.05, 0) is 42.0 Å². The SMILES string of the molecule is O=c1ccc(N2CCN(c3nc4ccc(F)cc4s3)CC2)nn1Cc1ccncc1. The third-order valence-electron chi connectivity index (χ3n) is 5.15. The Labute approximate surface area is 176 Å². The van der Waals surface area contributed by atoms with Gasteiger partial charge in [-0.25, -0.2) is 14.1 Å². The van der Waals surface area contributed by atoms with Crippen molar-refractivity contribution < 1.29 is 4.39 Å². The van der Waals surface area contributed by atoms with E-state index < -0.39 is 0 Å². The summed E-state index contributed by atoms with van der Waals surface area (Å²) in [5, 5.41) is 5.48. The zero-order valence-corrected chi connectivity index (χ0v) is 16.9. The number of hydrogen-bond donors (Lipinski definition) is 0. The van der Waals surface area contributed by atoms with E-state index in [1.165, 1.54) is 28.2 Å². The van der Waals surface area contributed by atoms with Crippen LogP contribution in [0.25, 0.3) is 10.2 Å². The van der Waals surface area contributed by atoms with Gasteiger partial charge < -0.3 is 9.80 Å². The third-order valence-corrected chi connectivity index (χ3v) is 6.23. The molecule has 0 saturated carbocycles. The Hall–Kier alpha value is -3.33. The Kier molecular flexibility index (Phi) is 4.88.